The van der Waals surface area contributed by atoms with E-state index in [1.54, 1.807) is 18.3 Å². The highest BCUT2D eigenvalue weighted by Gasteiger charge is 2.37. The third-order valence-electron chi connectivity index (χ3n) is 8.09. The topological polar surface area (TPSA) is 128 Å². The van der Waals surface area contributed by atoms with Gasteiger partial charge in [0.25, 0.3) is 11.8 Å². The van der Waals surface area contributed by atoms with E-state index in [0.717, 1.165) is 22.5 Å². The number of nitrogens with one attached hydrogen (secondary N) is 3. The van der Waals surface area contributed by atoms with Crippen molar-refractivity contribution in [3.8, 4) is 0 Å². The van der Waals surface area contributed by atoms with Gasteiger partial charge < -0.3 is 21.1 Å². The summed E-state index contributed by atoms with van der Waals surface area (Å²) >= 11 is 1.62. The van der Waals surface area contributed by atoms with Crippen LogP contribution in [0.2, 0.25) is 0 Å². The molecule has 2 amide bonds. The number of aliphatic hydroxyl groups excluding tert-OH is 1. The number of hydrogen-bond acceptors (Lipinski definition) is 7. The molecule has 46 heavy (non-hydrogen) atoms. The third kappa shape index (κ3) is 9.03. The highest BCUT2D eigenvalue weighted by molar-refractivity contribution is 7.92. The quantitative estimate of drug-likeness (QED) is 0.141. The van der Waals surface area contributed by atoms with Gasteiger partial charge in [0.15, 0.2) is 0 Å². The summed E-state index contributed by atoms with van der Waals surface area (Å²) in [6.07, 6.45) is 1.45. The Kier molecular flexibility index (Phi) is 11.7. The van der Waals surface area contributed by atoms with Crippen LogP contribution in [0.15, 0.2) is 90.3 Å². The van der Waals surface area contributed by atoms with Crippen LogP contribution in [0.4, 0.5) is 5.69 Å². The molecule has 0 aliphatic heterocycles. The van der Waals surface area contributed by atoms with E-state index < -0.39 is 33.5 Å². The largest absolute Gasteiger partial charge is 0.389 e. The zero-order valence-electron chi connectivity index (χ0n) is 26.6. The number of hydrogen-bond donors (Lipinski definition) is 4. The summed E-state index contributed by atoms with van der Waals surface area (Å²) in [5.74, 6) is -0.998. The van der Waals surface area contributed by atoms with E-state index >= 15 is 0 Å². The molecule has 4 N–H and O–H groups in total. The van der Waals surface area contributed by atoms with E-state index in [9.17, 15) is 23.1 Å². The van der Waals surface area contributed by atoms with Crippen molar-refractivity contribution in [2.75, 3.05) is 37.2 Å². The zero-order valence-corrected chi connectivity index (χ0v) is 28.3. The highest BCUT2D eigenvalue weighted by Crippen LogP contribution is 2.27. The molecule has 244 valence electrons. The lowest BCUT2D eigenvalue weighted by Crippen LogP contribution is -2.55. The number of carbonyl (C=O) groups is 2. The number of carbonyl (C=O) groups excluding carboxylic acids is 2. The van der Waals surface area contributed by atoms with Gasteiger partial charge >= 0.3 is 0 Å². The summed E-state index contributed by atoms with van der Waals surface area (Å²) in [4.78, 5) is 28.4. The van der Waals surface area contributed by atoms with Crippen molar-refractivity contribution in [1.29, 1.82) is 0 Å². The number of benzene rings is 3. The Bertz CT molecular complexity index is 1730. The van der Waals surface area contributed by atoms with Crippen LogP contribution < -0.4 is 20.3 Å². The van der Waals surface area contributed by atoms with Gasteiger partial charge in [-0.05, 0) is 79.6 Å². The normalized spacial score (nSPS) is 13.4. The summed E-state index contributed by atoms with van der Waals surface area (Å²) in [6.45, 7) is 4.97. The number of sulfonamides is 1. The third-order valence-corrected chi connectivity index (χ3v) is 10.4. The summed E-state index contributed by atoms with van der Waals surface area (Å²) < 4.78 is 25.9. The molecule has 0 bridgehead atoms. The lowest BCUT2D eigenvalue weighted by molar-refractivity contribution is 0.0557. The number of rotatable bonds is 15. The van der Waals surface area contributed by atoms with Crippen LogP contribution in [0.3, 0.4) is 0 Å². The first-order valence-electron chi connectivity index (χ1n) is 15.1. The smallest absolute Gasteiger partial charge is 0.252 e. The Labute approximate surface area is 275 Å². The van der Waals surface area contributed by atoms with Crippen molar-refractivity contribution in [1.82, 2.24) is 16.0 Å². The van der Waals surface area contributed by atoms with Gasteiger partial charge in [-0.15, -0.1) is 11.3 Å². The Morgan fingerprint density at radius 2 is 1.54 bits per heavy atom. The molecule has 4 rings (SSSR count). The number of nitrogens with zero attached hydrogens (tertiary/aromatic N) is 1. The Morgan fingerprint density at radius 3 is 2.15 bits per heavy atom. The number of aliphatic hydroxyl groups is 1. The SMILES string of the molecule is Cc1ccsc1CCNC(=O)c1cc(C(=O)N[C@@](C)(c2ccccc2)[C@H](O)CNCCc2ccccc2)cc(N(C)S(C)(=O)=O)c1. The van der Waals surface area contributed by atoms with Crippen LogP contribution in [0.25, 0.3) is 0 Å². The standard InChI is InChI=1S/C35H42N4O5S2/c1-25-17-20-45-31(25)16-19-37-33(41)27-21-28(23-30(22-27)39(3)46(4,43)44)34(42)38-35(2,29-13-9-6-10-14-29)32(40)24-36-18-15-26-11-7-5-8-12-26/h5-14,17,20-23,32,36,40H,15-16,18-19,24H2,1-4H3,(H,37,41)(H,38,42)/t32-,35+/m1/s1. The number of anilines is 1. The summed E-state index contributed by atoms with van der Waals surface area (Å²) in [6, 6.07) is 25.5. The minimum Gasteiger partial charge on any atom is -0.389 e. The van der Waals surface area contributed by atoms with Gasteiger partial charge in [-0.1, -0.05) is 60.7 Å². The van der Waals surface area contributed by atoms with Crippen LogP contribution >= 0.6 is 11.3 Å². The minimum absolute atomic E-state index is 0.0821. The van der Waals surface area contributed by atoms with Crippen LogP contribution in [0, 0.1) is 6.92 Å². The fourth-order valence-corrected chi connectivity index (χ4v) is 6.46. The molecular weight excluding hydrogens is 621 g/mol. The highest BCUT2D eigenvalue weighted by atomic mass is 32.2. The molecule has 0 saturated carbocycles. The summed E-state index contributed by atoms with van der Waals surface area (Å²) in [5, 5.41) is 22.7. The van der Waals surface area contributed by atoms with Crippen LogP contribution in [0.5, 0.6) is 0 Å². The maximum Gasteiger partial charge on any atom is 0.252 e. The lowest BCUT2D eigenvalue weighted by Gasteiger charge is -2.36. The summed E-state index contributed by atoms with van der Waals surface area (Å²) in [5.41, 5.74) is 2.18. The fourth-order valence-electron chi connectivity index (χ4n) is 5.06. The molecule has 3 aromatic carbocycles. The van der Waals surface area contributed by atoms with E-state index in [2.05, 4.69) is 16.0 Å². The zero-order chi connectivity index (χ0) is 33.3. The van der Waals surface area contributed by atoms with E-state index in [0.29, 0.717) is 25.1 Å². The molecule has 1 heterocycles. The van der Waals surface area contributed by atoms with Crippen molar-refractivity contribution in [2.45, 2.75) is 38.3 Å². The van der Waals surface area contributed by atoms with Crippen LogP contribution in [-0.2, 0) is 28.4 Å². The van der Waals surface area contributed by atoms with Gasteiger partial charge in [0.05, 0.1) is 23.6 Å². The first kappa shape index (κ1) is 34.8. The molecule has 0 radical (unpaired) electrons. The maximum atomic E-state index is 13.9. The average molecular weight is 663 g/mol. The first-order chi connectivity index (χ1) is 21.9. The summed E-state index contributed by atoms with van der Waals surface area (Å²) in [7, 11) is -2.33. The Balaban J connectivity index is 1.57. The Morgan fingerprint density at radius 1 is 0.913 bits per heavy atom. The molecule has 2 atom stereocenters. The van der Waals surface area contributed by atoms with Gasteiger partial charge in [0.1, 0.15) is 0 Å². The predicted molar refractivity (Wildman–Crippen MR) is 185 cm³/mol. The van der Waals surface area contributed by atoms with Crippen molar-refractivity contribution >= 4 is 38.9 Å². The molecule has 11 heteroatoms. The molecule has 0 spiro atoms. The van der Waals surface area contributed by atoms with Gasteiger partial charge in [-0.25, -0.2) is 8.42 Å². The van der Waals surface area contributed by atoms with Crippen LogP contribution in [-0.4, -0.2) is 64.4 Å². The van der Waals surface area contributed by atoms with Gasteiger partial charge in [-0.2, -0.15) is 0 Å². The second-order valence-electron chi connectivity index (χ2n) is 11.5. The first-order valence-corrected chi connectivity index (χ1v) is 17.8. The molecule has 0 aliphatic carbocycles. The van der Waals surface area contributed by atoms with E-state index in [4.69, 9.17) is 0 Å². The molecule has 0 aliphatic rings. The molecule has 0 fully saturated rings. The van der Waals surface area contributed by atoms with Crippen molar-refractivity contribution in [3.05, 3.63) is 123 Å². The predicted octanol–water partition coefficient (Wildman–Crippen LogP) is 4.26. The average Bonchev–Trinajstić information content (AvgIpc) is 3.46. The fraction of sp³-hybridized carbons (Fsp3) is 0.314. The van der Waals surface area contributed by atoms with Gasteiger partial charge in [0.2, 0.25) is 10.0 Å². The van der Waals surface area contributed by atoms with Gasteiger partial charge in [-0.3, -0.25) is 13.9 Å². The number of aryl methyl sites for hydroxylation is 1. The van der Waals surface area contributed by atoms with Crippen molar-refractivity contribution < 1.29 is 23.1 Å². The molecule has 0 saturated heterocycles. The maximum absolute atomic E-state index is 13.9. The second-order valence-corrected chi connectivity index (χ2v) is 14.5. The molecule has 9 nitrogen and oxygen atoms in total. The van der Waals surface area contributed by atoms with Crippen LogP contribution in [0.1, 0.15) is 49.2 Å². The molecule has 0 unspecified atom stereocenters. The van der Waals surface area contributed by atoms with Gasteiger partial charge in [0, 0.05) is 36.1 Å². The lowest BCUT2D eigenvalue weighted by atomic mass is 9.85. The molecule has 4 aromatic rings. The number of amides is 2. The van der Waals surface area contributed by atoms with Crippen molar-refractivity contribution in [2.24, 2.45) is 0 Å². The Hall–Kier alpha value is -4.03. The van der Waals surface area contributed by atoms with Crippen molar-refractivity contribution in [3.63, 3.8) is 0 Å². The molecular formula is C35H42N4O5S2. The van der Waals surface area contributed by atoms with E-state index in [1.807, 2.05) is 79.0 Å². The number of thiophene rings is 1. The molecule has 1 aromatic heterocycles. The van der Waals surface area contributed by atoms with E-state index in [-0.39, 0.29) is 23.4 Å². The monoisotopic (exact) mass is 662 g/mol. The minimum atomic E-state index is -3.69. The van der Waals surface area contributed by atoms with E-state index in [1.165, 1.54) is 35.7 Å². The second kappa shape index (κ2) is 15.5.